The molecule has 0 radical (unpaired) electrons. The average molecular weight is 289 g/mol. The summed E-state index contributed by atoms with van der Waals surface area (Å²) >= 11 is 0. The molecular formula is C16H19NO4. The van der Waals surface area contributed by atoms with Crippen molar-refractivity contribution >= 4 is 12.7 Å². The van der Waals surface area contributed by atoms with Crippen LogP contribution in [-0.2, 0) is 9.63 Å². The van der Waals surface area contributed by atoms with Crippen LogP contribution in [0.15, 0.2) is 29.5 Å². The molecule has 0 aliphatic rings. The van der Waals surface area contributed by atoms with Crippen molar-refractivity contribution in [2.75, 3.05) is 0 Å². The highest BCUT2D eigenvalue weighted by molar-refractivity contribution is 5.69. The largest absolute Gasteiger partial charge is 0.388 e. The SMILES string of the molecule is C#CCC(O)C=CC=CC#CC(O)CCCC(=O)ON=C. The molecule has 0 aromatic heterocycles. The lowest BCUT2D eigenvalue weighted by molar-refractivity contribution is -0.143. The molecule has 0 fully saturated rings. The first-order valence-corrected chi connectivity index (χ1v) is 6.40. The molecule has 0 bridgehead atoms. The summed E-state index contributed by atoms with van der Waals surface area (Å²) in [5, 5.41) is 21.8. The molecular weight excluding hydrogens is 270 g/mol. The molecule has 2 N–H and O–H groups in total. The maximum absolute atomic E-state index is 10.9. The summed E-state index contributed by atoms with van der Waals surface area (Å²) in [6, 6.07) is 0. The van der Waals surface area contributed by atoms with Gasteiger partial charge in [-0.05, 0) is 18.9 Å². The van der Waals surface area contributed by atoms with Gasteiger partial charge in [0.05, 0.1) is 6.10 Å². The summed E-state index contributed by atoms with van der Waals surface area (Å²) < 4.78 is 0. The van der Waals surface area contributed by atoms with E-state index in [2.05, 4.69) is 34.5 Å². The Bertz CT molecular complexity index is 477. The van der Waals surface area contributed by atoms with Crippen LogP contribution >= 0.6 is 0 Å². The van der Waals surface area contributed by atoms with E-state index in [0.29, 0.717) is 12.8 Å². The quantitative estimate of drug-likeness (QED) is 0.231. The summed E-state index contributed by atoms with van der Waals surface area (Å²) in [5.74, 6) is 7.12. The predicted octanol–water partition coefficient (Wildman–Crippen LogP) is 1.18. The van der Waals surface area contributed by atoms with Gasteiger partial charge < -0.3 is 15.1 Å². The van der Waals surface area contributed by atoms with E-state index in [9.17, 15) is 15.0 Å². The van der Waals surface area contributed by atoms with E-state index in [4.69, 9.17) is 6.42 Å². The van der Waals surface area contributed by atoms with Crippen molar-refractivity contribution in [2.45, 2.75) is 37.9 Å². The molecule has 112 valence electrons. The molecule has 0 aliphatic heterocycles. The van der Waals surface area contributed by atoms with Crippen LogP contribution in [-0.4, -0.2) is 35.1 Å². The molecule has 0 heterocycles. The van der Waals surface area contributed by atoms with Gasteiger partial charge in [0, 0.05) is 19.6 Å². The normalized spacial score (nSPS) is 13.2. The van der Waals surface area contributed by atoms with E-state index < -0.39 is 18.2 Å². The molecule has 21 heavy (non-hydrogen) atoms. The molecule has 2 unspecified atom stereocenters. The van der Waals surface area contributed by atoms with Crippen molar-refractivity contribution in [1.82, 2.24) is 0 Å². The average Bonchev–Trinajstić information content (AvgIpc) is 2.43. The monoisotopic (exact) mass is 289 g/mol. The van der Waals surface area contributed by atoms with Gasteiger partial charge in [-0.2, -0.15) is 0 Å². The number of carbonyl (C=O) groups excluding carboxylic acids is 1. The van der Waals surface area contributed by atoms with Crippen molar-refractivity contribution in [3.05, 3.63) is 24.3 Å². The summed E-state index contributed by atoms with van der Waals surface area (Å²) in [5.41, 5.74) is 0. The maximum atomic E-state index is 10.9. The van der Waals surface area contributed by atoms with E-state index in [-0.39, 0.29) is 12.8 Å². The Hall–Kier alpha value is -2.34. The van der Waals surface area contributed by atoms with Crippen molar-refractivity contribution in [1.29, 1.82) is 0 Å². The lowest BCUT2D eigenvalue weighted by Gasteiger charge is -2.01. The van der Waals surface area contributed by atoms with Gasteiger partial charge in [0.2, 0.25) is 0 Å². The summed E-state index contributed by atoms with van der Waals surface area (Å²) in [4.78, 5) is 15.2. The van der Waals surface area contributed by atoms with Crippen molar-refractivity contribution < 1.29 is 19.8 Å². The first-order valence-electron chi connectivity index (χ1n) is 6.40. The fourth-order valence-corrected chi connectivity index (χ4v) is 1.26. The minimum Gasteiger partial charge on any atom is -0.388 e. The number of aliphatic hydroxyl groups is 2. The van der Waals surface area contributed by atoms with Crippen LogP contribution in [0, 0.1) is 24.2 Å². The van der Waals surface area contributed by atoms with Gasteiger partial charge in [-0.3, -0.25) is 0 Å². The third-order valence-corrected chi connectivity index (χ3v) is 2.23. The number of allylic oxidation sites excluding steroid dienone is 3. The van der Waals surface area contributed by atoms with E-state index in [0.717, 1.165) is 0 Å². The highest BCUT2D eigenvalue weighted by Gasteiger charge is 2.04. The third-order valence-electron chi connectivity index (χ3n) is 2.23. The molecule has 0 aliphatic carbocycles. The molecule has 0 aromatic carbocycles. The van der Waals surface area contributed by atoms with Gasteiger partial charge in [-0.15, -0.1) is 12.3 Å². The number of carbonyl (C=O) groups is 1. The second-order valence-electron chi connectivity index (χ2n) is 4.01. The Morgan fingerprint density at radius 3 is 2.86 bits per heavy atom. The van der Waals surface area contributed by atoms with Crippen LogP contribution in [0.2, 0.25) is 0 Å². The van der Waals surface area contributed by atoms with Crippen LogP contribution in [0.4, 0.5) is 0 Å². The zero-order chi connectivity index (χ0) is 15.9. The molecule has 0 aromatic rings. The van der Waals surface area contributed by atoms with E-state index in [1.54, 1.807) is 18.2 Å². The number of nitrogens with zero attached hydrogens (tertiary/aromatic N) is 1. The van der Waals surface area contributed by atoms with Gasteiger partial charge in [0.25, 0.3) is 0 Å². The third kappa shape index (κ3) is 12.4. The molecule has 2 atom stereocenters. The molecule has 0 saturated heterocycles. The van der Waals surface area contributed by atoms with Crippen LogP contribution in [0.1, 0.15) is 25.7 Å². The molecule has 0 spiro atoms. The number of rotatable bonds is 8. The van der Waals surface area contributed by atoms with Crippen molar-refractivity contribution in [3.63, 3.8) is 0 Å². The van der Waals surface area contributed by atoms with Crippen LogP contribution < -0.4 is 0 Å². The first-order chi connectivity index (χ1) is 10.1. The topological polar surface area (TPSA) is 79.1 Å². The molecule has 0 amide bonds. The second kappa shape index (κ2) is 12.7. The van der Waals surface area contributed by atoms with Gasteiger partial charge in [-0.25, -0.2) is 4.79 Å². The van der Waals surface area contributed by atoms with Crippen LogP contribution in [0.3, 0.4) is 0 Å². The van der Waals surface area contributed by atoms with Gasteiger partial charge in [-0.1, -0.05) is 35.2 Å². The Labute approximate surface area is 125 Å². The lowest BCUT2D eigenvalue weighted by atomic mass is 10.1. The minimum atomic E-state index is -0.810. The number of hydrogen-bond acceptors (Lipinski definition) is 5. The van der Waals surface area contributed by atoms with Crippen LogP contribution in [0.25, 0.3) is 0 Å². The number of aliphatic hydroxyl groups excluding tert-OH is 2. The van der Waals surface area contributed by atoms with Gasteiger partial charge in [0.1, 0.15) is 6.10 Å². The molecule has 5 heteroatoms. The Kier molecular flexibility index (Phi) is 11.3. The molecule has 0 saturated carbocycles. The fourth-order valence-electron chi connectivity index (χ4n) is 1.26. The molecule has 0 rings (SSSR count). The van der Waals surface area contributed by atoms with Gasteiger partial charge >= 0.3 is 5.97 Å². The number of terminal acetylenes is 1. The second-order valence-corrected chi connectivity index (χ2v) is 4.01. The summed E-state index contributed by atoms with van der Waals surface area (Å²) in [6.07, 6.45) is 11.1. The Morgan fingerprint density at radius 2 is 2.19 bits per heavy atom. The lowest BCUT2D eigenvalue weighted by Crippen LogP contribution is -2.05. The molecule has 5 nitrogen and oxygen atoms in total. The zero-order valence-corrected chi connectivity index (χ0v) is 11.7. The van der Waals surface area contributed by atoms with E-state index >= 15 is 0 Å². The first kappa shape index (κ1) is 18.7. The van der Waals surface area contributed by atoms with Crippen LogP contribution in [0.5, 0.6) is 0 Å². The number of hydrogen-bond donors (Lipinski definition) is 2. The van der Waals surface area contributed by atoms with E-state index in [1.165, 1.54) is 6.08 Å². The van der Waals surface area contributed by atoms with Crippen molar-refractivity contribution in [2.24, 2.45) is 5.16 Å². The summed E-state index contributed by atoms with van der Waals surface area (Å²) in [7, 11) is 0. The Morgan fingerprint density at radius 1 is 1.43 bits per heavy atom. The van der Waals surface area contributed by atoms with Crippen molar-refractivity contribution in [3.8, 4) is 24.2 Å². The Balaban J connectivity index is 3.91. The highest BCUT2D eigenvalue weighted by Crippen LogP contribution is 2.01. The summed E-state index contributed by atoms with van der Waals surface area (Å²) in [6.45, 7) is 3.03. The maximum Gasteiger partial charge on any atom is 0.334 e. The van der Waals surface area contributed by atoms with Gasteiger partial charge in [0.15, 0.2) is 0 Å². The standard InChI is InChI=1S/C16H19NO4/c1-3-9-14(18)10-6-4-5-7-11-15(19)12-8-13-16(20)21-17-2/h1,4-6,10,14-15,18-19H,2,8-9,12-13H2. The minimum absolute atomic E-state index is 0.156. The fraction of sp³-hybridized carbons (Fsp3) is 0.375. The smallest absolute Gasteiger partial charge is 0.334 e. The number of oxime groups is 1. The zero-order valence-electron chi connectivity index (χ0n) is 11.7. The predicted molar refractivity (Wildman–Crippen MR) is 81.0 cm³/mol. The highest BCUT2D eigenvalue weighted by atomic mass is 16.7. The van der Waals surface area contributed by atoms with E-state index in [1.807, 2.05) is 0 Å².